The summed E-state index contributed by atoms with van der Waals surface area (Å²) in [5, 5.41) is 4.49. The Morgan fingerprint density at radius 3 is 2.88 bits per heavy atom. The number of aromatic nitrogens is 3. The standard InChI is InChI=1S/C23H25N7O2S/c1-13-9-30(10-14(2)32-13)23(31)29-4-3-17-19(11-29)33-22-20(17)21(26-12-27-22)28-16-5-15-6-24-8-18(15)25-7-16/h5-7,12-14H,3-4,8-11H2,1-2H3,(H,26,27,28)/t13-,14+. The molecule has 0 unspecified atom stereocenters. The van der Waals surface area contributed by atoms with Gasteiger partial charge in [0.15, 0.2) is 0 Å². The smallest absolute Gasteiger partial charge is 0.320 e. The summed E-state index contributed by atoms with van der Waals surface area (Å²) >= 11 is 1.65. The van der Waals surface area contributed by atoms with Crippen molar-refractivity contribution in [1.82, 2.24) is 24.8 Å². The molecule has 1 fully saturated rings. The number of amides is 2. The predicted molar refractivity (Wildman–Crippen MR) is 127 cm³/mol. The normalized spacial score (nSPS) is 21.9. The Labute approximate surface area is 195 Å². The number of nitrogens with one attached hydrogen (secondary N) is 1. The molecular weight excluding hydrogens is 438 g/mol. The number of thiophene rings is 1. The number of pyridine rings is 1. The number of rotatable bonds is 2. The quantitative estimate of drug-likeness (QED) is 0.626. The van der Waals surface area contributed by atoms with Crippen molar-refractivity contribution in [3.8, 4) is 0 Å². The van der Waals surface area contributed by atoms with Crippen LogP contribution < -0.4 is 5.32 Å². The van der Waals surface area contributed by atoms with Gasteiger partial charge in [0.05, 0.1) is 48.3 Å². The fraction of sp³-hybridized carbons (Fsp3) is 0.435. The van der Waals surface area contributed by atoms with Gasteiger partial charge in [-0.05, 0) is 31.9 Å². The Morgan fingerprint density at radius 1 is 1.18 bits per heavy atom. The van der Waals surface area contributed by atoms with Gasteiger partial charge in [0.2, 0.25) is 0 Å². The number of carbonyl (C=O) groups is 1. The van der Waals surface area contributed by atoms with Crippen molar-refractivity contribution in [3.63, 3.8) is 0 Å². The zero-order valence-electron chi connectivity index (χ0n) is 18.6. The van der Waals surface area contributed by atoms with Crippen molar-refractivity contribution in [1.29, 1.82) is 0 Å². The van der Waals surface area contributed by atoms with Crippen LogP contribution in [0.2, 0.25) is 0 Å². The van der Waals surface area contributed by atoms with Crippen LogP contribution in [0.15, 0.2) is 23.6 Å². The predicted octanol–water partition coefficient (Wildman–Crippen LogP) is 3.35. The molecule has 2 atom stereocenters. The molecule has 1 N–H and O–H groups in total. The van der Waals surface area contributed by atoms with E-state index in [1.807, 2.05) is 36.1 Å². The third kappa shape index (κ3) is 3.72. The number of carbonyl (C=O) groups excluding carboxylic acids is 1. The summed E-state index contributed by atoms with van der Waals surface area (Å²) < 4.78 is 5.79. The van der Waals surface area contributed by atoms with Crippen molar-refractivity contribution in [3.05, 3.63) is 40.3 Å². The Kier molecular flexibility index (Phi) is 4.99. The van der Waals surface area contributed by atoms with Crippen molar-refractivity contribution in [2.75, 3.05) is 25.0 Å². The maximum Gasteiger partial charge on any atom is 0.320 e. The number of hydrogen-bond donors (Lipinski definition) is 1. The summed E-state index contributed by atoms with van der Waals surface area (Å²) in [5.74, 6) is 0.782. The van der Waals surface area contributed by atoms with Crippen LogP contribution in [-0.2, 0) is 24.2 Å². The fourth-order valence-corrected chi connectivity index (χ4v) is 6.11. The topological polar surface area (TPSA) is 95.8 Å². The van der Waals surface area contributed by atoms with Crippen LogP contribution in [0.4, 0.5) is 16.3 Å². The molecular formula is C23H25N7O2S. The summed E-state index contributed by atoms with van der Waals surface area (Å²) in [4.78, 5) is 37.1. The number of anilines is 2. The Balaban J connectivity index is 1.26. The first-order chi connectivity index (χ1) is 16.0. The lowest BCUT2D eigenvalue weighted by atomic mass is 10.0. The van der Waals surface area contributed by atoms with Crippen molar-refractivity contribution < 1.29 is 9.53 Å². The van der Waals surface area contributed by atoms with E-state index >= 15 is 0 Å². The second-order valence-corrected chi connectivity index (χ2v) is 9.96. The first-order valence-electron chi connectivity index (χ1n) is 11.3. The molecule has 170 valence electrons. The molecule has 6 rings (SSSR count). The molecule has 3 aromatic rings. The van der Waals surface area contributed by atoms with E-state index in [-0.39, 0.29) is 18.2 Å². The average molecular weight is 464 g/mol. The van der Waals surface area contributed by atoms with Crippen LogP contribution >= 0.6 is 11.3 Å². The zero-order chi connectivity index (χ0) is 22.5. The lowest BCUT2D eigenvalue weighted by Crippen LogP contribution is -2.53. The number of ether oxygens (including phenoxy) is 1. The van der Waals surface area contributed by atoms with E-state index in [0.29, 0.717) is 32.7 Å². The highest BCUT2D eigenvalue weighted by molar-refractivity contribution is 7.19. The molecule has 0 aromatic carbocycles. The van der Waals surface area contributed by atoms with Crippen LogP contribution in [0.25, 0.3) is 10.2 Å². The number of fused-ring (bicyclic) bond motifs is 4. The maximum absolute atomic E-state index is 13.2. The van der Waals surface area contributed by atoms with E-state index < -0.39 is 0 Å². The number of hydrogen-bond acceptors (Lipinski definition) is 8. The van der Waals surface area contributed by atoms with E-state index in [1.54, 1.807) is 17.7 Å². The fourth-order valence-electron chi connectivity index (χ4n) is 4.91. The van der Waals surface area contributed by atoms with Crippen LogP contribution in [0, 0.1) is 0 Å². The molecule has 0 saturated carbocycles. The molecule has 6 heterocycles. The number of aliphatic imine (C=N–C) groups is 1. The minimum atomic E-state index is 0.0614. The van der Waals surface area contributed by atoms with Crippen LogP contribution in [0.5, 0.6) is 0 Å². The largest absolute Gasteiger partial charge is 0.372 e. The molecule has 0 aliphatic carbocycles. The Bertz CT molecular complexity index is 1260. The molecule has 0 bridgehead atoms. The van der Waals surface area contributed by atoms with Crippen molar-refractivity contribution >= 4 is 45.3 Å². The molecule has 3 aliphatic rings. The van der Waals surface area contributed by atoms with Crippen LogP contribution in [-0.4, -0.2) is 68.8 Å². The highest BCUT2D eigenvalue weighted by atomic mass is 32.1. The van der Waals surface area contributed by atoms with Crippen molar-refractivity contribution in [2.24, 2.45) is 4.99 Å². The summed E-state index contributed by atoms with van der Waals surface area (Å²) in [6.45, 7) is 7.24. The van der Waals surface area contributed by atoms with E-state index in [9.17, 15) is 4.79 Å². The van der Waals surface area contributed by atoms with Gasteiger partial charge in [0, 0.05) is 36.3 Å². The summed E-state index contributed by atoms with van der Waals surface area (Å²) in [7, 11) is 0. The van der Waals surface area contributed by atoms with Crippen LogP contribution in [0.1, 0.15) is 35.5 Å². The van der Waals surface area contributed by atoms with Gasteiger partial charge in [-0.2, -0.15) is 0 Å². The van der Waals surface area contributed by atoms with E-state index in [2.05, 4.69) is 31.3 Å². The highest BCUT2D eigenvalue weighted by Gasteiger charge is 2.32. The summed E-state index contributed by atoms with van der Waals surface area (Å²) in [6.07, 6.45) is 6.18. The third-order valence-electron chi connectivity index (χ3n) is 6.34. The van der Waals surface area contributed by atoms with Gasteiger partial charge in [-0.15, -0.1) is 11.3 Å². The van der Waals surface area contributed by atoms with E-state index in [0.717, 1.165) is 39.4 Å². The molecule has 3 aromatic heterocycles. The van der Waals surface area contributed by atoms with E-state index in [1.165, 1.54) is 10.4 Å². The molecule has 9 nitrogen and oxygen atoms in total. The molecule has 10 heteroatoms. The van der Waals surface area contributed by atoms with Crippen LogP contribution in [0.3, 0.4) is 0 Å². The van der Waals surface area contributed by atoms with Gasteiger partial charge in [0.1, 0.15) is 17.0 Å². The third-order valence-corrected chi connectivity index (χ3v) is 7.46. The first kappa shape index (κ1) is 20.5. The highest BCUT2D eigenvalue weighted by Crippen LogP contribution is 2.38. The Hall–Kier alpha value is -3.11. The molecule has 33 heavy (non-hydrogen) atoms. The van der Waals surface area contributed by atoms with Gasteiger partial charge in [-0.25, -0.2) is 14.8 Å². The second-order valence-electron chi connectivity index (χ2n) is 8.88. The van der Waals surface area contributed by atoms with Crippen molar-refractivity contribution in [2.45, 2.75) is 45.6 Å². The number of urea groups is 1. The molecule has 1 saturated heterocycles. The number of morpholine rings is 1. The minimum Gasteiger partial charge on any atom is -0.372 e. The van der Waals surface area contributed by atoms with Gasteiger partial charge in [-0.1, -0.05) is 0 Å². The lowest BCUT2D eigenvalue weighted by molar-refractivity contribution is -0.0585. The molecule has 2 amide bonds. The number of nitrogens with zero attached hydrogens (tertiary/aromatic N) is 6. The molecule has 0 spiro atoms. The van der Waals surface area contributed by atoms with Gasteiger partial charge in [-0.3, -0.25) is 9.98 Å². The first-order valence-corrected chi connectivity index (χ1v) is 12.1. The minimum absolute atomic E-state index is 0.0614. The second kappa shape index (κ2) is 8.03. The van der Waals surface area contributed by atoms with Gasteiger partial charge < -0.3 is 19.9 Å². The lowest BCUT2D eigenvalue weighted by Gasteiger charge is -2.39. The summed E-state index contributed by atoms with van der Waals surface area (Å²) in [5.41, 5.74) is 4.15. The van der Waals surface area contributed by atoms with Gasteiger partial charge >= 0.3 is 6.03 Å². The Morgan fingerprint density at radius 2 is 2.03 bits per heavy atom. The average Bonchev–Trinajstić information content (AvgIpc) is 3.41. The zero-order valence-corrected chi connectivity index (χ0v) is 19.4. The monoisotopic (exact) mass is 463 g/mol. The molecule has 0 radical (unpaired) electrons. The summed E-state index contributed by atoms with van der Waals surface area (Å²) in [6, 6.07) is 2.14. The SMILES string of the molecule is C[C@@H]1CN(C(=O)N2CCc3c(sc4ncnc(Nc5cnc6c(c5)C=NC6)c34)C2)C[C@H](C)O1. The van der Waals surface area contributed by atoms with E-state index in [4.69, 9.17) is 4.74 Å². The molecule has 3 aliphatic heterocycles. The maximum atomic E-state index is 13.2. The van der Waals surface area contributed by atoms with Gasteiger partial charge in [0.25, 0.3) is 0 Å².